The average Bonchev–Trinajstić information content (AvgIpc) is 3.40. The molecule has 1 saturated carbocycles. The lowest BCUT2D eigenvalue weighted by Gasteiger charge is -2.19. The number of benzene rings is 1. The predicted molar refractivity (Wildman–Crippen MR) is 117 cm³/mol. The molecule has 3 aromatic rings. The first-order valence-electron chi connectivity index (χ1n) is 10.5. The number of carbonyl (C=O) groups is 1. The monoisotopic (exact) mass is 407 g/mol. The van der Waals surface area contributed by atoms with Gasteiger partial charge in [0.2, 0.25) is 0 Å². The zero-order valence-corrected chi connectivity index (χ0v) is 17.9. The predicted octanol–water partition coefficient (Wildman–Crippen LogP) is 3.58. The van der Waals surface area contributed by atoms with Gasteiger partial charge < -0.3 is 15.7 Å². The maximum absolute atomic E-state index is 12.3. The van der Waals surface area contributed by atoms with Crippen LogP contribution in [0.5, 0.6) is 0 Å². The molecule has 4 rings (SSSR count). The smallest absolute Gasteiger partial charge is 0.251 e. The molecule has 1 fully saturated rings. The number of nitrogens with one attached hydrogen (secondary N) is 2. The maximum Gasteiger partial charge on any atom is 0.251 e. The molecule has 0 unspecified atom stereocenters. The first-order chi connectivity index (χ1) is 14.2. The van der Waals surface area contributed by atoms with Gasteiger partial charge in [0.15, 0.2) is 11.5 Å². The van der Waals surface area contributed by atoms with E-state index in [9.17, 15) is 9.90 Å². The largest absolute Gasteiger partial charge is 0.384 e. The van der Waals surface area contributed by atoms with Crippen molar-refractivity contribution in [2.75, 3.05) is 11.9 Å². The van der Waals surface area contributed by atoms with Gasteiger partial charge in [-0.15, -0.1) is 0 Å². The lowest BCUT2D eigenvalue weighted by molar-refractivity contribution is 0.0735. The Morgan fingerprint density at radius 3 is 2.57 bits per heavy atom. The summed E-state index contributed by atoms with van der Waals surface area (Å²) in [6, 6.07) is 7.86. The molecule has 0 bridgehead atoms. The van der Waals surface area contributed by atoms with Crippen molar-refractivity contribution in [3.8, 4) is 11.3 Å². The highest BCUT2D eigenvalue weighted by atomic mass is 16.3. The number of carbonyl (C=O) groups excluding carboxylic acids is 1. The van der Waals surface area contributed by atoms with Crippen molar-refractivity contribution >= 4 is 17.4 Å². The van der Waals surface area contributed by atoms with Crippen molar-refractivity contribution in [3.05, 3.63) is 47.9 Å². The Labute approximate surface area is 176 Å². The van der Waals surface area contributed by atoms with E-state index in [-0.39, 0.29) is 5.91 Å². The fourth-order valence-electron chi connectivity index (χ4n) is 3.20. The summed E-state index contributed by atoms with van der Waals surface area (Å²) in [5.41, 5.74) is 2.63. The maximum atomic E-state index is 12.3. The molecule has 30 heavy (non-hydrogen) atoms. The van der Waals surface area contributed by atoms with Gasteiger partial charge in [-0.3, -0.25) is 9.20 Å². The van der Waals surface area contributed by atoms with Crippen LogP contribution < -0.4 is 10.6 Å². The quantitative estimate of drug-likeness (QED) is 0.557. The molecular formula is C23H29N5O2. The number of anilines is 1. The van der Waals surface area contributed by atoms with E-state index in [1.807, 2.05) is 34.9 Å². The molecule has 3 N–H and O–H groups in total. The van der Waals surface area contributed by atoms with Gasteiger partial charge in [0.05, 0.1) is 17.6 Å². The van der Waals surface area contributed by atoms with E-state index < -0.39 is 5.60 Å². The number of fused-ring (bicyclic) bond motifs is 1. The van der Waals surface area contributed by atoms with Crippen LogP contribution in [0.25, 0.3) is 16.9 Å². The Morgan fingerprint density at radius 1 is 1.27 bits per heavy atom. The fourth-order valence-corrected chi connectivity index (χ4v) is 3.20. The highest BCUT2D eigenvalue weighted by Crippen LogP contribution is 2.28. The second-order valence-electron chi connectivity index (χ2n) is 8.97. The van der Waals surface area contributed by atoms with Crippen LogP contribution in [-0.2, 0) is 5.60 Å². The first kappa shape index (κ1) is 20.3. The lowest BCUT2D eigenvalue weighted by atomic mass is 10.1. The second-order valence-corrected chi connectivity index (χ2v) is 8.97. The van der Waals surface area contributed by atoms with Crippen LogP contribution in [0.4, 0.5) is 5.82 Å². The fraction of sp³-hybridized carbons (Fsp3) is 0.435. The van der Waals surface area contributed by atoms with Crippen molar-refractivity contribution in [3.63, 3.8) is 0 Å². The van der Waals surface area contributed by atoms with Gasteiger partial charge in [0.25, 0.3) is 5.91 Å². The SMILES string of the molecule is CC(C)CNc1nc(C(C)(C)O)cn2c(-c3ccc(C(=O)NC4CC4)cc3)cnc12. The molecule has 0 radical (unpaired) electrons. The summed E-state index contributed by atoms with van der Waals surface area (Å²) in [5, 5.41) is 16.9. The third-order valence-electron chi connectivity index (χ3n) is 5.15. The first-order valence-corrected chi connectivity index (χ1v) is 10.5. The van der Waals surface area contributed by atoms with E-state index in [1.54, 1.807) is 20.0 Å². The second kappa shape index (κ2) is 7.72. The van der Waals surface area contributed by atoms with Gasteiger partial charge in [-0.1, -0.05) is 26.0 Å². The summed E-state index contributed by atoms with van der Waals surface area (Å²) in [7, 11) is 0. The minimum atomic E-state index is -1.09. The van der Waals surface area contributed by atoms with Crippen LogP contribution >= 0.6 is 0 Å². The molecule has 1 aromatic carbocycles. The standard InChI is InChI=1S/C23H29N5O2/c1-14(2)11-24-20-21-25-12-18(28(21)13-19(27-20)23(3,4)30)15-5-7-16(8-6-15)22(29)26-17-9-10-17/h5-8,12-14,17,30H,9-11H2,1-4H3,(H,24,27)(H,26,29). The number of aliphatic hydroxyl groups is 1. The van der Waals surface area contributed by atoms with Crippen molar-refractivity contribution < 1.29 is 9.90 Å². The summed E-state index contributed by atoms with van der Waals surface area (Å²) < 4.78 is 1.95. The number of aromatic nitrogens is 3. The molecule has 2 aromatic heterocycles. The molecule has 1 aliphatic carbocycles. The van der Waals surface area contributed by atoms with Gasteiger partial charge in [0, 0.05) is 29.9 Å². The van der Waals surface area contributed by atoms with Gasteiger partial charge in [-0.05, 0) is 44.7 Å². The molecular weight excluding hydrogens is 378 g/mol. The van der Waals surface area contributed by atoms with Crippen LogP contribution in [0.2, 0.25) is 0 Å². The molecule has 7 nitrogen and oxygen atoms in total. The van der Waals surface area contributed by atoms with E-state index in [0.717, 1.165) is 30.6 Å². The number of hydrogen-bond donors (Lipinski definition) is 3. The molecule has 7 heteroatoms. The van der Waals surface area contributed by atoms with Gasteiger partial charge in [-0.25, -0.2) is 9.97 Å². The van der Waals surface area contributed by atoms with Gasteiger partial charge in [0.1, 0.15) is 5.60 Å². The van der Waals surface area contributed by atoms with E-state index in [4.69, 9.17) is 0 Å². The molecule has 158 valence electrons. The van der Waals surface area contributed by atoms with Crippen LogP contribution in [-0.4, -0.2) is 38.0 Å². The topological polar surface area (TPSA) is 91.5 Å². The van der Waals surface area contributed by atoms with Crippen molar-refractivity contribution in [1.82, 2.24) is 19.7 Å². The average molecular weight is 408 g/mol. The highest BCUT2D eigenvalue weighted by Gasteiger charge is 2.24. The third-order valence-corrected chi connectivity index (χ3v) is 5.15. The van der Waals surface area contributed by atoms with E-state index in [2.05, 4.69) is 34.4 Å². The van der Waals surface area contributed by atoms with Gasteiger partial charge >= 0.3 is 0 Å². The molecule has 1 amide bonds. The van der Waals surface area contributed by atoms with Crippen LogP contribution in [0.3, 0.4) is 0 Å². The third kappa shape index (κ3) is 4.31. The number of rotatable bonds is 7. The van der Waals surface area contributed by atoms with Crippen molar-refractivity contribution in [2.45, 2.75) is 52.2 Å². The van der Waals surface area contributed by atoms with Crippen LogP contribution in [0, 0.1) is 5.92 Å². The zero-order chi connectivity index (χ0) is 21.5. The van der Waals surface area contributed by atoms with Crippen molar-refractivity contribution in [2.24, 2.45) is 5.92 Å². The Bertz CT molecular complexity index is 1060. The van der Waals surface area contributed by atoms with E-state index in [1.165, 1.54) is 0 Å². The summed E-state index contributed by atoms with van der Waals surface area (Å²) in [6.07, 6.45) is 5.75. The minimum Gasteiger partial charge on any atom is -0.384 e. The highest BCUT2D eigenvalue weighted by molar-refractivity contribution is 5.95. The summed E-state index contributed by atoms with van der Waals surface area (Å²) in [4.78, 5) is 21.5. The lowest BCUT2D eigenvalue weighted by Crippen LogP contribution is -2.25. The zero-order valence-electron chi connectivity index (χ0n) is 17.9. The molecule has 1 aliphatic rings. The van der Waals surface area contributed by atoms with E-state index in [0.29, 0.717) is 34.7 Å². The summed E-state index contributed by atoms with van der Waals surface area (Å²) >= 11 is 0. The molecule has 2 heterocycles. The normalized spacial score (nSPS) is 14.3. The molecule has 0 saturated heterocycles. The molecule has 0 spiro atoms. The Kier molecular flexibility index (Phi) is 5.24. The van der Waals surface area contributed by atoms with Gasteiger partial charge in [-0.2, -0.15) is 0 Å². The Balaban J connectivity index is 1.71. The molecule has 0 atom stereocenters. The number of amides is 1. The Morgan fingerprint density at radius 2 is 1.97 bits per heavy atom. The minimum absolute atomic E-state index is 0.0316. The number of nitrogens with zero attached hydrogens (tertiary/aromatic N) is 3. The van der Waals surface area contributed by atoms with Crippen molar-refractivity contribution in [1.29, 1.82) is 0 Å². The van der Waals surface area contributed by atoms with E-state index >= 15 is 0 Å². The van der Waals surface area contributed by atoms with Crippen LogP contribution in [0.1, 0.15) is 56.6 Å². The van der Waals surface area contributed by atoms with Crippen LogP contribution in [0.15, 0.2) is 36.7 Å². The summed E-state index contributed by atoms with van der Waals surface area (Å²) in [5.74, 6) is 1.06. The number of hydrogen-bond acceptors (Lipinski definition) is 5. The summed E-state index contributed by atoms with van der Waals surface area (Å²) in [6.45, 7) is 8.45. The molecule has 0 aliphatic heterocycles. The number of imidazole rings is 1. The Hall–Kier alpha value is -2.93.